The molecule has 1 heterocycles. The second-order valence-corrected chi connectivity index (χ2v) is 7.04. The van der Waals surface area contributed by atoms with Crippen molar-refractivity contribution in [3.05, 3.63) is 60.2 Å². The van der Waals surface area contributed by atoms with Crippen LogP contribution >= 0.6 is 0 Å². The van der Waals surface area contributed by atoms with Gasteiger partial charge in [-0.05, 0) is 30.3 Å². The van der Waals surface area contributed by atoms with E-state index in [4.69, 9.17) is 9.47 Å². The zero-order valence-corrected chi connectivity index (χ0v) is 14.1. The Morgan fingerprint density at radius 2 is 1.69 bits per heavy atom. The van der Waals surface area contributed by atoms with E-state index < -0.39 is 10.1 Å². The topological polar surface area (TPSA) is 102 Å². The molecule has 0 saturated carbocycles. The zero-order valence-electron chi connectivity index (χ0n) is 13.3. The van der Waals surface area contributed by atoms with Gasteiger partial charge in [0.15, 0.2) is 11.5 Å². The molecular formula is C18H13NO6S. The third-order valence-corrected chi connectivity index (χ3v) is 4.96. The van der Waals surface area contributed by atoms with Crippen LogP contribution in [-0.2, 0) is 10.1 Å². The van der Waals surface area contributed by atoms with Gasteiger partial charge in [0, 0.05) is 22.0 Å². The van der Waals surface area contributed by atoms with Gasteiger partial charge in [0.25, 0.3) is 16.0 Å². The van der Waals surface area contributed by atoms with E-state index in [1.54, 1.807) is 42.5 Å². The van der Waals surface area contributed by atoms with Crippen molar-refractivity contribution in [2.24, 2.45) is 0 Å². The first-order valence-corrected chi connectivity index (χ1v) is 9.08. The van der Waals surface area contributed by atoms with Gasteiger partial charge in [0.05, 0.1) is 0 Å². The highest BCUT2D eigenvalue weighted by atomic mass is 32.2. The summed E-state index contributed by atoms with van der Waals surface area (Å²) in [5.41, 5.74) is 0.799. The van der Waals surface area contributed by atoms with Gasteiger partial charge in [0.2, 0.25) is 6.79 Å². The number of ether oxygens (including phenoxy) is 2. The van der Waals surface area contributed by atoms with Crippen LogP contribution in [0.4, 0.5) is 5.69 Å². The second kappa shape index (κ2) is 6.01. The van der Waals surface area contributed by atoms with Crippen molar-refractivity contribution in [1.82, 2.24) is 0 Å². The molecule has 0 aromatic heterocycles. The van der Waals surface area contributed by atoms with Crippen molar-refractivity contribution in [2.75, 3.05) is 12.1 Å². The molecular weight excluding hydrogens is 358 g/mol. The molecule has 0 fully saturated rings. The quantitative estimate of drug-likeness (QED) is 0.686. The van der Waals surface area contributed by atoms with Crippen LogP contribution in [0.15, 0.2) is 59.5 Å². The molecule has 3 aromatic carbocycles. The number of fused-ring (bicyclic) bond motifs is 2. The van der Waals surface area contributed by atoms with E-state index in [1.807, 2.05) is 0 Å². The van der Waals surface area contributed by atoms with Crippen LogP contribution in [0.2, 0.25) is 0 Å². The van der Waals surface area contributed by atoms with Gasteiger partial charge in [-0.25, -0.2) is 0 Å². The Balaban J connectivity index is 1.73. The average Bonchev–Trinajstić information content (AvgIpc) is 3.08. The monoisotopic (exact) mass is 371 g/mol. The van der Waals surface area contributed by atoms with Gasteiger partial charge in [-0.3, -0.25) is 9.35 Å². The van der Waals surface area contributed by atoms with Crippen molar-refractivity contribution in [3.8, 4) is 11.5 Å². The Labute approximate surface area is 148 Å². The molecule has 8 heteroatoms. The number of hydrogen-bond acceptors (Lipinski definition) is 5. The molecule has 0 unspecified atom stereocenters. The largest absolute Gasteiger partial charge is 0.454 e. The molecule has 132 valence electrons. The number of carbonyl (C=O) groups excluding carboxylic acids is 1. The van der Waals surface area contributed by atoms with Crippen LogP contribution in [0.25, 0.3) is 10.8 Å². The fourth-order valence-corrected chi connectivity index (χ4v) is 3.53. The van der Waals surface area contributed by atoms with Crippen LogP contribution in [0.1, 0.15) is 10.4 Å². The molecule has 2 N–H and O–H groups in total. The minimum Gasteiger partial charge on any atom is -0.454 e. The van der Waals surface area contributed by atoms with Crippen molar-refractivity contribution in [3.63, 3.8) is 0 Å². The summed E-state index contributed by atoms with van der Waals surface area (Å²) in [6.07, 6.45) is 0. The Kier molecular flexibility index (Phi) is 3.78. The number of rotatable bonds is 3. The molecule has 26 heavy (non-hydrogen) atoms. The molecule has 1 aliphatic heterocycles. The summed E-state index contributed by atoms with van der Waals surface area (Å²) in [5.74, 6) is 0.682. The molecule has 1 amide bonds. The van der Waals surface area contributed by atoms with Crippen molar-refractivity contribution < 1.29 is 27.2 Å². The average molecular weight is 371 g/mol. The van der Waals surface area contributed by atoms with E-state index in [0.29, 0.717) is 33.5 Å². The lowest BCUT2D eigenvalue weighted by Gasteiger charge is -2.11. The van der Waals surface area contributed by atoms with Crippen LogP contribution in [0.3, 0.4) is 0 Å². The van der Waals surface area contributed by atoms with Gasteiger partial charge < -0.3 is 14.8 Å². The summed E-state index contributed by atoms with van der Waals surface area (Å²) in [4.78, 5) is 12.4. The Bertz CT molecular complexity index is 1140. The second-order valence-electron chi connectivity index (χ2n) is 5.65. The molecule has 0 saturated heterocycles. The highest BCUT2D eigenvalue weighted by molar-refractivity contribution is 7.86. The van der Waals surface area contributed by atoms with Crippen molar-refractivity contribution in [1.29, 1.82) is 0 Å². The minimum absolute atomic E-state index is 0.113. The fourth-order valence-electron chi connectivity index (χ4n) is 2.84. The van der Waals surface area contributed by atoms with E-state index >= 15 is 0 Å². The number of benzene rings is 3. The lowest BCUT2D eigenvalue weighted by molar-refractivity contribution is 0.102. The summed E-state index contributed by atoms with van der Waals surface area (Å²) in [6, 6.07) is 14.1. The predicted molar refractivity (Wildman–Crippen MR) is 94.3 cm³/mol. The van der Waals surface area contributed by atoms with Gasteiger partial charge in [-0.2, -0.15) is 8.42 Å². The predicted octanol–water partition coefficient (Wildman–Crippen LogP) is 3.07. The van der Waals surface area contributed by atoms with Crippen LogP contribution in [0.5, 0.6) is 11.5 Å². The third-order valence-electron chi connectivity index (χ3n) is 4.04. The summed E-state index contributed by atoms with van der Waals surface area (Å²) < 4.78 is 43.0. The fraction of sp³-hybridized carbons (Fsp3) is 0.0556. The molecule has 0 bridgehead atoms. The summed E-state index contributed by atoms with van der Waals surface area (Å²) in [7, 11) is -4.38. The molecule has 7 nitrogen and oxygen atoms in total. The van der Waals surface area contributed by atoms with E-state index in [0.717, 1.165) is 0 Å². The smallest absolute Gasteiger partial charge is 0.295 e. The lowest BCUT2D eigenvalue weighted by atomic mass is 10.1. The number of hydrogen-bond donors (Lipinski definition) is 2. The van der Waals surface area contributed by atoms with Crippen LogP contribution in [-0.4, -0.2) is 25.7 Å². The summed E-state index contributed by atoms with van der Waals surface area (Å²) in [6.45, 7) is 0.113. The Hall–Kier alpha value is -3.10. The van der Waals surface area contributed by atoms with E-state index in [2.05, 4.69) is 5.32 Å². The van der Waals surface area contributed by atoms with Gasteiger partial charge in [-0.15, -0.1) is 0 Å². The summed E-state index contributed by atoms with van der Waals surface area (Å²) >= 11 is 0. The maximum absolute atomic E-state index is 12.6. The Morgan fingerprint density at radius 3 is 2.46 bits per heavy atom. The van der Waals surface area contributed by atoms with Crippen LogP contribution < -0.4 is 14.8 Å². The summed E-state index contributed by atoms with van der Waals surface area (Å²) in [5, 5.41) is 3.57. The van der Waals surface area contributed by atoms with Gasteiger partial charge in [0.1, 0.15) is 4.90 Å². The van der Waals surface area contributed by atoms with Crippen molar-refractivity contribution >= 4 is 32.5 Å². The Morgan fingerprint density at radius 1 is 0.962 bits per heavy atom. The maximum Gasteiger partial charge on any atom is 0.295 e. The molecule has 1 aliphatic rings. The number of carbonyl (C=O) groups is 1. The molecule has 0 aliphatic carbocycles. The molecule has 3 aromatic rings. The standard InChI is InChI=1S/C18H13NO6S/c20-18(11-5-7-15-16(9-11)25-10-24-15)19-14-6-8-17(26(21,22)23)13-4-2-1-3-12(13)14/h1-9H,10H2,(H,19,20)(H,21,22,23). The van der Waals surface area contributed by atoms with Gasteiger partial charge >= 0.3 is 0 Å². The first-order valence-electron chi connectivity index (χ1n) is 7.64. The first-order chi connectivity index (χ1) is 12.4. The molecule has 0 atom stereocenters. The number of amides is 1. The first kappa shape index (κ1) is 16.4. The third kappa shape index (κ3) is 2.85. The maximum atomic E-state index is 12.6. The normalized spacial score (nSPS) is 13.0. The SMILES string of the molecule is O=C(Nc1ccc(S(=O)(=O)O)c2ccccc12)c1ccc2c(c1)OCO2. The highest BCUT2D eigenvalue weighted by Crippen LogP contribution is 2.33. The molecule has 0 spiro atoms. The number of nitrogens with one attached hydrogen (secondary N) is 1. The van der Waals surface area contributed by atoms with Crippen molar-refractivity contribution in [2.45, 2.75) is 4.90 Å². The lowest BCUT2D eigenvalue weighted by Crippen LogP contribution is -2.12. The zero-order chi connectivity index (χ0) is 18.3. The number of anilines is 1. The van der Waals surface area contributed by atoms with E-state index in [9.17, 15) is 17.8 Å². The van der Waals surface area contributed by atoms with Gasteiger partial charge in [-0.1, -0.05) is 24.3 Å². The molecule has 4 rings (SSSR count). The molecule has 0 radical (unpaired) electrons. The van der Waals surface area contributed by atoms with Crippen LogP contribution in [0, 0.1) is 0 Å². The highest BCUT2D eigenvalue weighted by Gasteiger charge is 2.19. The van der Waals surface area contributed by atoms with E-state index in [-0.39, 0.29) is 17.6 Å². The van der Waals surface area contributed by atoms with E-state index in [1.165, 1.54) is 12.1 Å². The minimum atomic E-state index is -4.38.